The summed E-state index contributed by atoms with van der Waals surface area (Å²) < 4.78 is 31.8. The normalized spacial score (nSPS) is 11.3. The molecule has 0 unspecified atom stereocenters. The molecule has 3 aromatic carbocycles. The number of nitrogens with one attached hydrogen (secondary N) is 2. The van der Waals surface area contributed by atoms with Crippen LogP contribution in [0.4, 0.5) is 17.1 Å². The van der Waals surface area contributed by atoms with Crippen molar-refractivity contribution in [1.82, 2.24) is 0 Å². The number of rotatable bonds is 5. The second kappa shape index (κ2) is 6.54. The van der Waals surface area contributed by atoms with Crippen molar-refractivity contribution in [3.05, 3.63) is 60.2 Å². The van der Waals surface area contributed by atoms with Gasteiger partial charge in [0.15, 0.2) is 0 Å². The second-order valence-electron chi connectivity index (χ2n) is 5.58. The van der Waals surface area contributed by atoms with E-state index in [1.807, 2.05) is 0 Å². The molecule has 0 aromatic heterocycles. The summed E-state index contributed by atoms with van der Waals surface area (Å²) in [5.74, 6) is -0.510. The molecule has 7 N–H and O–H groups in total. The fraction of sp³-hybridized carbons (Fsp3) is 0. The van der Waals surface area contributed by atoms with Crippen LogP contribution in [-0.4, -0.2) is 18.9 Å². The summed E-state index contributed by atoms with van der Waals surface area (Å²) in [5, 5.41) is 1.15. The summed E-state index contributed by atoms with van der Waals surface area (Å²) in [4.78, 5) is 10.8. The predicted octanol–water partition coefficient (Wildman–Crippen LogP) is 2.21. The van der Waals surface area contributed by atoms with Crippen molar-refractivity contribution < 1.29 is 17.8 Å². The molecular formula is C17H16N4O4S. The molecule has 0 saturated carbocycles. The summed E-state index contributed by atoms with van der Waals surface area (Å²) in [6, 6.07) is 14.1. The first kappa shape index (κ1) is 17.5. The lowest BCUT2D eigenvalue weighted by molar-refractivity contribution is 0.100. The van der Waals surface area contributed by atoms with Gasteiger partial charge in [-0.2, -0.15) is 8.42 Å². The lowest BCUT2D eigenvalue weighted by Crippen LogP contribution is -2.12. The van der Waals surface area contributed by atoms with Crippen LogP contribution >= 0.6 is 0 Å². The number of hydrazine groups is 1. The molecule has 0 atom stereocenters. The Hall–Kier alpha value is -3.30. The molecule has 1 amide bonds. The molecule has 0 saturated heterocycles. The van der Waals surface area contributed by atoms with E-state index in [1.54, 1.807) is 42.5 Å². The average Bonchev–Trinajstić information content (AvgIpc) is 2.60. The Morgan fingerprint density at radius 1 is 0.923 bits per heavy atom. The van der Waals surface area contributed by atoms with Gasteiger partial charge >= 0.3 is 0 Å². The lowest BCUT2D eigenvalue weighted by atomic mass is 10.1. The van der Waals surface area contributed by atoms with Gasteiger partial charge in [-0.15, -0.1) is 0 Å². The first-order valence-electron chi connectivity index (χ1n) is 7.47. The number of carbonyl (C=O) groups excluding carboxylic acids is 1. The topological polar surface area (TPSA) is 148 Å². The number of nitrogen functional groups attached to an aromatic ring is 1. The molecule has 134 valence electrons. The van der Waals surface area contributed by atoms with Gasteiger partial charge in [-0.05, 0) is 48.5 Å². The maximum absolute atomic E-state index is 11.3. The van der Waals surface area contributed by atoms with Gasteiger partial charge in [0.1, 0.15) is 0 Å². The number of hydrogen-bond acceptors (Lipinski definition) is 6. The van der Waals surface area contributed by atoms with Crippen molar-refractivity contribution in [3.63, 3.8) is 0 Å². The molecule has 0 aliphatic rings. The Labute approximate surface area is 149 Å². The number of amides is 1. The van der Waals surface area contributed by atoms with E-state index in [1.165, 1.54) is 12.1 Å². The summed E-state index contributed by atoms with van der Waals surface area (Å²) in [6.45, 7) is 0. The molecular weight excluding hydrogens is 356 g/mol. The van der Waals surface area contributed by atoms with E-state index in [0.29, 0.717) is 33.4 Å². The number of nitrogens with two attached hydrogens (primary N) is 2. The Balaban J connectivity index is 1.90. The Morgan fingerprint density at radius 3 is 2.23 bits per heavy atom. The highest BCUT2D eigenvalue weighted by atomic mass is 32.2. The van der Waals surface area contributed by atoms with Gasteiger partial charge in [0.2, 0.25) is 5.91 Å². The molecule has 3 aromatic rings. The van der Waals surface area contributed by atoms with Crippen LogP contribution in [0.2, 0.25) is 0 Å². The van der Waals surface area contributed by atoms with Crippen molar-refractivity contribution in [2.24, 2.45) is 5.73 Å². The van der Waals surface area contributed by atoms with Crippen LogP contribution in [-0.2, 0) is 10.1 Å². The summed E-state index contributed by atoms with van der Waals surface area (Å²) >= 11 is 0. The highest BCUT2D eigenvalue weighted by Crippen LogP contribution is 2.30. The van der Waals surface area contributed by atoms with Crippen LogP contribution in [0.5, 0.6) is 0 Å². The van der Waals surface area contributed by atoms with Crippen LogP contribution in [0.15, 0.2) is 59.5 Å². The molecule has 0 fully saturated rings. The van der Waals surface area contributed by atoms with Gasteiger partial charge in [0.05, 0.1) is 16.3 Å². The van der Waals surface area contributed by atoms with Gasteiger partial charge in [-0.3, -0.25) is 9.35 Å². The third-order valence-electron chi connectivity index (χ3n) is 3.83. The zero-order valence-electron chi connectivity index (χ0n) is 13.4. The highest BCUT2D eigenvalue weighted by molar-refractivity contribution is 7.85. The third-order valence-corrected chi connectivity index (χ3v) is 4.68. The summed E-state index contributed by atoms with van der Waals surface area (Å²) in [6.07, 6.45) is 0. The van der Waals surface area contributed by atoms with Crippen LogP contribution in [0, 0.1) is 0 Å². The minimum atomic E-state index is -4.32. The summed E-state index contributed by atoms with van der Waals surface area (Å²) in [7, 11) is -4.32. The fourth-order valence-electron chi connectivity index (χ4n) is 2.48. The van der Waals surface area contributed by atoms with Crippen LogP contribution in [0.3, 0.4) is 0 Å². The Morgan fingerprint density at radius 2 is 1.62 bits per heavy atom. The van der Waals surface area contributed by atoms with E-state index in [0.717, 1.165) is 0 Å². The third kappa shape index (κ3) is 3.53. The first-order valence-corrected chi connectivity index (χ1v) is 8.91. The smallest absolute Gasteiger partial charge is 0.294 e. The average molecular weight is 372 g/mol. The molecule has 26 heavy (non-hydrogen) atoms. The van der Waals surface area contributed by atoms with Crippen molar-refractivity contribution in [2.75, 3.05) is 16.6 Å². The predicted molar refractivity (Wildman–Crippen MR) is 100 cm³/mol. The number of anilines is 3. The van der Waals surface area contributed by atoms with Crippen molar-refractivity contribution in [1.29, 1.82) is 0 Å². The molecule has 0 aliphatic carbocycles. The van der Waals surface area contributed by atoms with Crippen LogP contribution in [0.25, 0.3) is 10.8 Å². The number of fused-ring (bicyclic) bond motifs is 1. The van der Waals surface area contributed by atoms with Gasteiger partial charge in [-0.1, -0.05) is 6.07 Å². The summed E-state index contributed by atoms with van der Waals surface area (Å²) in [5.41, 5.74) is 19.2. The zero-order valence-corrected chi connectivity index (χ0v) is 14.2. The van der Waals surface area contributed by atoms with E-state index in [9.17, 15) is 17.8 Å². The minimum absolute atomic E-state index is 0.233. The van der Waals surface area contributed by atoms with E-state index >= 15 is 0 Å². The van der Waals surface area contributed by atoms with E-state index in [2.05, 4.69) is 10.9 Å². The van der Waals surface area contributed by atoms with Gasteiger partial charge in [0.25, 0.3) is 10.1 Å². The second-order valence-corrected chi connectivity index (χ2v) is 7.00. The number of primary amides is 1. The van der Waals surface area contributed by atoms with Crippen molar-refractivity contribution in [2.45, 2.75) is 4.90 Å². The number of hydrogen-bond donors (Lipinski definition) is 5. The van der Waals surface area contributed by atoms with Gasteiger partial charge in [-0.25, -0.2) is 0 Å². The molecule has 0 bridgehead atoms. The maximum atomic E-state index is 11.3. The Bertz CT molecular complexity index is 1100. The van der Waals surface area contributed by atoms with E-state index in [4.69, 9.17) is 11.5 Å². The van der Waals surface area contributed by atoms with E-state index < -0.39 is 16.0 Å². The molecule has 0 heterocycles. The van der Waals surface area contributed by atoms with Crippen molar-refractivity contribution >= 4 is 43.9 Å². The zero-order chi connectivity index (χ0) is 18.9. The molecule has 0 aliphatic heterocycles. The largest absolute Gasteiger partial charge is 0.398 e. The van der Waals surface area contributed by atoms with Crippen molar-refractivity contribution in [3.8, 4) is 0 Å². The molecule has 3 rings (SSSR count). The van der Waals surface area contributed by atoms with Gasteiger partial charge in [0, 0.05) is 22.0 Å². The van der Waals surface area contributed by atoms with Crippen LogP contribution in [0.1, 0.15) is 10.4 Å². The minimum Gasteiger partial charge on any atom is -0.398 e. The van der Waals surface area contributed by atoms with E-state index in [-0.39, 0.29) is 4.90 Å². The number of benzene rings is 3. The van der Waals surface area contributed by atoms with Gasteiger partial charge < -0.3 is 22.3 Å². The lowest BCUT2D eigenvalue weighted by Gasteiger charge is -2.14. The van der Waals surface area contributed by atoms with Crippen LogP contribution < -0.4 is 22.3 Å². The molecule has 8 nitrogen and oxygen atoms in total. The standard InChI is InChI=1S/C17H16N4O4S/c18-15-7-8-16(13-6-5-12(9-14(13)15)26(23,24)25)21-20-11-3-1-10(2-4-11)17(19)22/h1-9,20-21H,18H2,(H2,19,22)(H,23,24,25). The maximum Gasteiger partial charge on any atom is 0.294 e. The fourth-order valence-corrected chi connectivity index (χ4v) is 2.98. The molecule has 9 heteroatoms. The monoisotopic (exact) mass is 372 g/mol. The SMILES string of the molecule is NC(=O)c1ccc(NNc2ccc(N)c3cc(S(=O)(=O)O)ccc23)cc1. The first-order chi connectivity index (χ1) is 12.3. The number of carbonyl (C=O) groups is 1. The molecule has 0 radical (unpaired) electrons. The quantitative estimate of drug-likeness (QED) is 0.262. The molecule has 0 spiro atoms. The Kier molecular flexibility index (Phi) is 4.41. The highest BCUT2D eigenvalue weighted by Gasteiger charge is 2.12.